The molecule has 8 heteroatoms. The van der Waals surface area contributed by atoms with Gasteiger partial charge >= 0.3 is 0 Å². The second kappa shape index (κ2) is 8.91. The molecule has 0 aliphatic carbocycles. The summed E-state index contributed by atoms with van der Waals surface area (Å²) in [5.41, 5.74) is -0.00917. The minimum atomic E-state index is -0.00458. The molecule has 2 aromatic rings. The lowest BCUT2D eigenvalue weighted by molar-refractivity contribution is 0.543. The molecule has 0 atom stereocenters. The summed E-state index contributed by atoms with van der Waals surface area (Å²) in [6.45, 7) is 1.50. The fourth-order valence-electron chi connectivity index (χ4n) is 2.22. The summed E-state index contributed by atoms with van der Waals surface area (Å²) in [4.78, 5) is 22.9. The molecule has 0 bridgehead atoms. The third kappa shape index (κ3) is 5.57. The lowest BCUT2D eigenvalue weighted by Crippen LogP contribution is -2.12. The van der Waals surface area contributed by atoms with Crippen LogP contribution in [0.2, 0.25) is 8.67 Å². The molecular weight excluding hydrogens is 363 g/mol. The summed E-state index contributed by atoms with van der Waals surface area (Å²) in [5, 5.41) is 0. The number of unbranched alkanes of at least 4 members (excludes halogenated alkanes) is 5. The molecule has 2 heterocycles. The number of aromatic nitrogens is 2. The predicted molar refractivity (Wildman–Crippen MR) is 94.9 cm³/mol. The second-order valence-corrected chi connectivity index (χ2v) is 8.47. The topological polar surface area (TPSA) is 44.0 Å². The maximum atomic E-state index is 11.5. The molecule has 0 spiro atoms. The Hall–Kier alpha value is -0.560. The summed E-state index contributed by atoms with van der Waals surface area (Å²) in [6, 6.07) is 2.93. The minimum absolute atomic E-state index is 0.00458. The molecule has 2 aromatic heterocycles. The van der Waals surface area contributed by atoms with Gasteiger partial charge in [0.05, 0.1) is 0 Å². The Morgan fingerprint density at radius 3 is 1.41 bits per heavy atom. The normalized spacial score (nSPS) is 11.2. The smallest absolute Gasteiger partial charge is 0.262 e. The fraction of sp³-hybridized carbons (Fsp3) is 0.571. The molecule has 22 heavy (non-hydrogen) atoms. The van der Waals surface area contributed by atoms with Crippen molar-refractivity contribution in [2.75, 3.05) is 0 Å². The van der Waals surface area contributed by atoms with E-state index in [0.717, 1.165) is 51.6 Å². The van der Waals surface area contributed by atoms with E-state index in [4.69, 9.17) is 23.2 Å². The van der Waals surface area contributed by atoms with Crippen molar-refractivity contribution >= 4 is 46.3 Å². The third-order valence-corrected chi connectivity index (χ3v) is 5.72. The number of hydrogen-bond donors (Lipinski definition) is 0. The van der Waals surface area contributed by atoms with Crippen LogP contribution in [0.3, 0.4) is 0 Å². The number of hydrogen-bond acceptors (Lipinski definition) is 4. The van der Waals surface area contributed by atoms with Crippen LogP contribution in [0.25, 0.3) is 0 Å². The van der Waals surface area contributed by atoms with Crippen molar-refractivity contribution in [3.8, 4) is 0 Å². The van der Waals surface area contributed by atoms with Crippen molar-refractivity contribution in [2.24, 2.45) is 0 Å². The van der Waals surface area contributed by atoms with E-state index < -0.39 is 0 Å². The van der Waals surface area contributed by atoms with Gasteiger partial charge in [-0.05, 0) is 35.9 Å². The van der Waals surface area contributed by atoms with Crippen molar-refractivity contribution < 1.29 is 0 Å². The number of halogens is 2. The maximum Gasteiger partial charge on any atom is 0.262 e. The average Bonchev–Trinajstić information content (AvgIpc) is 2.94. The molecule has 122 valence electrons. The average molecular weight is 381 g/mol. The van der Waals surface area contributed by atoms with Gasteiger partial charge in [0, 0.05) is 25.2 Å². The maximum absolute atomic E-state index is 11.5. The van der Waals surface area contributed by atoms with Gasteiger partial charge < -0.3 is 0 Å². The zero-order chi connectivity index (χ0) is 15.9. The Bertz CT molecular complexity index is 642. The second-order valence-electron chi connectivity index (χ2n) is 5.08. The van der Waals surface area contributed by atoms with E-state index in [0.29, 0.717) is 8.67 Å². The van der Waals surface area contributed by atoms with Crippen LogP contribution in [0.5, 0.6) is 0 Å². The summed E-state index contributed by atoms with van der Waals surface area (Å²) < 4.78 is 4.51. The number of aryl methyl sites for hydroxylation is 2. The van der Waals surface area contributed by atoms with Crippen LogP contribution in [0.4, 0.5) is 0 Å². The Labute approximate surface area is 147 Å². The van der Waals surface area contributed by atoms with Crippen molar-refractivity contribution in [3.05, 3.63) is 41.5 Å². The number of nitrogens with zero attached hydrogens (tertiary/aromatic N) is 2. The Morgan fingerprint density at radius 2 is 1.09 bits per heavy atom. The molecule has 0 fully saturated rings. The molecular formula is C14H18Cl2N2O2S2. The van der Waals surface area contributed by atoms with Gasteiger partial charge in [0.1, 0.15) is 8.67 Å². The van der Waals surface area contributed by atoms with E-state index in [2.05, 4.69) is 0 Å². The van der Waals surface area contributed by atoms with E-state index in [1.807, 2.05) is 0 Å². The van der Waals surface area contributed by atoms with E-state index >= 15 is 0 Å². The summed E-state index contributed by atoms with van der Waals surface area (Å²) >= 11 is 14.2. The first-order valence-corrected chi connectivity index (χ1v) is 9.60. The van der Waals surface area contributed by atoms with Crippen molar-refractivity contribution in [2.45, 2.75) is 51.6 Å². The van der Waals surface area contributed by atoms with Crippen LogP contribution < -0.4 is 11.1 Å². The highest BCUT2D eigenvalue weighted by Crippen LogP contribution is 2.15. The standard InChI is InChI=1S/C14H18Cl2N2O2S2/c15-11-9-13(19)17(21-11)7-5-3-1-2-4-6-8-18-14(20)10-12(16)22-18/h9-10H,1-8H2. The van der Waals surface area contributed by atoms with Crippen LogP contribution in [0.1, 0.15) is 38.5 Å². The highest BCUT2D eigenvalue weighted by atomic mass is 35.5. The molecule has 0 N–H and O–H groups in total. The van der Waals surface area contributed by atoms with Crippen molar-refractivity contribution in [3.63, 3.8) is 0 Å². The zero-order valence-corrected chi connectivity index (χ0v) is 15.2. The fourth-order valence-corrected chi connectivity index (χ4v) is 4.36. The van der Waals surface area contributed by atoms with Gasteiger partial charge in [-0.25, -0.2) is 0 Å². The SMILES string of the molecule is O=c1cc(Cl)sn1CCCCCCCCn1sc(Cl)cc1=O. The van der Waals surface area contributed by atoms with E-state index in [-0.39, 0.29) is 11.1 Å². The highest BCUT2D eigenvalue weighted by Gasteiger charge is 2.03. The Balaban J connectivity index is 1.53. The number of rotatable bonds is 9. The van der Waals surface area contributed by atoms with Crippen molar-refractivity contribution in [1.29, 1.82) is 0 Å². The monoisotopic (exact) mass is 380 g/mol. The van der Waals surface area contributed by atoms with Gasteiger partial charge in [0.2, 0.25) is 0 Å². The first-order chi connectivity index (χ1) is 10.6. The Kier molecular flexibility index (Phi) is 7.21. The molecule has 0 aliphatic heterocycles. The highest BCUT2D eigenvalue weighted by molar-refractivity contribution is 7.11. The van der Waals surface area contributed by atoms with Crippen LogP contribution >= 0.6 is 46.3 Å². The first kappa shape index (κ1) is 17.8. The summed E-state index contributed by atoms with van der Waals surface area (Å²) in [5.74, 6) is 0. The van der Waals surface area contributed by atoms with Crippen LogP contribution in [0, 0.1) is 0 Å². The molecule has 0 aromatic carbocycles. The molecule has 0 amide bonds. The van der Waals surface area contributed by atoms with Crippen LogP contribution in [-0.4, -0.2) is 7.91 Å². The van der Waals surface area contributed by atoms with Crippen LogP contribution in [0.15, 0.2) is 21.7 Å². The van der Waals surface area contributed by atoms with Gasteiger partial charge in [0.25, 0.3) is 11.1 Å². The van der Waals surface area contributed by atoms with Gasteiger partial charge in [-0.1, -0.05) is 48.9 Å². The molecule has 2 rings (SSSR count). The lowest BCUT2D eigenvalue weighted by Gasteiger charge is -2.03. The molecule has 0 saturated heterocycles. The van der Waals surface area contributed by atoms with Gasteiger partial charge in [-0.2, -0.15) is 0 Å². The Morgan fingerprint density at radius 1 is 0.727 bits per heavy atom. The predicted octanol–water partition coefficient (Wildman–Crippen LogP) is 4.48. The molecule has 0 saturated carbocycles. The summed E-state index contributed by atoms with van der Waals surface area (Å²) in [6.07, 6.45) is 6.49. The van der Waals surface area contributed by atoms with Gasteiger partial charge in [-0.15, -0.1) is 0 Å². The van der Waals surface area contributed by atoms with E-state index in [1.165, 1.54) is 35.2 Å². The third-order valence-electron chi connectivity index (χ3n) is 3.33. The van der Waals surface area contributed by atoms with Gasteiger partial charge in [-0.3, -0.25) is 17.5 Å². The van der Waals surface area contributed by atoms with Crippen molar-refractivity contribution in [1.82, 2.24) is 7.91 Å². The molecule has 0 aliphatic rings. The first-order valence-electron chi connectivity index (χ1n) is 7.29. The molecule has 4 nitrogen and oxygen atoms in total. The summed E-state index contributed by atoms with van der Waals surface area (Å²) in [7, 11) is 0. The largest absolute Gasteiger partial charge is 0.268 e. The zero-order valence-electron chi connectivity index (χ0n) is 12.1. The molecule has 0 radical (unpaired) electrons. The lowest BCUT2D eigenvalue weighted by atomic mass is 10.1. The minimum Gasteiger partial charge on any atom is -0.268 e. The van der Waals surface area contributed by atoms with Gasteiger partial charge in [0.15, 0.2) is 0 Å². The quantitative estimate of drug-likeness (QED) is 0.601. The van der Waals surface area contributed by atoms with Crippen LogP contribution in [-0.2, 0) is 13.1 Å². The van der Waals surface area contributed by atoms with E-state index in [9.17, 15) is 9.59 Å². The molecule has 0 unspecified atom stereocenters. The van der Waals surface area contributed by atoms with E-state index in [1.54, 1.807) is 7.91 Å².